The molecule has 2 N–H and O–H groups in total. The smallest absolute Gasteiger partial charge is 0.0494 e. The number of nitrogens with one attached hydrogen (secondary N) is 1. The molecule has 2 nitrogen and oxygen atoms in total. The van der Waals surface area contributed by atoms with Crippen molar-refractivity contribution in [2.75, 3.05) is 6.61 Å². The molecule has 0 bridgehead atoms. The third kappa shape index (κ3) is 3.08. The minimum Gasteiger partial charge on any atom is -0.396 e. The Hall–Kier alpha value is -0.340. The maximum Gasteiger partial charge on any atom is 0.0494 e. The fourth-order valence-corrected chi connectivity index (χ4v) is 3.14. The van der Waals surface area contributed by atoms with E-state index in [0.29, 0.717) is 24.6 Å². The minimum absolute atomic E-state index is 0.298. The third-order valence-electron chi connectivity index (χ3n) is 4.24. The zero-order valence-corrected chi connectivity index (χ0v) is 10.4. The highest BCUT2D eigenvalue weighted by Crippen LogP contribution is 2.27. The van der Waals surface area contributed by atoms with E-state index in [0.717, 1.165) is 12.3 Å². The highest BCUT2D eigenvalue weighted by molar-refractivity contribution is 5.06. The molecule has 0 aliphatic heterocycles. The summed E-state index contributed by atoms with van der Waals surface area (Å²) in [4.78, 5) is 0. The average Bonchev–Trinajstić information content (AvgIpc) is 2.78. The van der Waals surface area contributed by atoms with Crippen LogP contribution in [0.5, 0.6) is 0 Å². The first-order valence-corrected chi connectivity index (χ1v) is 6.85. The van der Waals surface area contributed by atoms with Crippen molar-refractivity contribution in [3.05, 3.63) is 12.2 Å². The van der Waals surface area contributed by atoms with Crippen LogP contribution >= 0.6 is 0 Å². The Labute approximate surface area is 99.1 Å². The minimum atomic E-state index is 0.298. The van der Waals surface area contributed by atoms with E-state index in [1.165, 1.54) is 32.1 Å². The number of hydrogen-bond acceptors (Lipinski definition) is 2. The first-order chi connectivity index (χ1) is 7.79. The molecule has 1 fully saturated rings. The molecule has 16 heavy (non-hydrogen) atoms. The third-order valence-corrected chi connectivity index (χ3v) is 4.24. The van der Waals surface area contributed by atoms with Gasteiger partial charge in [-0.05, 0) is 32.1 Å². The molecule has 2 aliphatic carbocycles. The van der Waals surface area contributed by atoms with E-state index < -0.39 is 0 Å². The topological polar surface area (TPSA) is 32.3 Å². The summed E-state index contributed by atoms with van der Waals surface area (Å²) in [5, 5.41) is 12.8. The van der Waals surface area contributed by atoms with Crippen molar-refractivity contribution in [1.82, 2.24) is 5.32 Å². The van der Waals surface area contributed by atoms with Gasteiger partial charge < -0.3 is 10.4 Å². The SMILES string of the molecule is CC(N[C@@H]1C=C[C@H](CO)C1)C1CCCCC1. The lowest BCUT2D eigenvalue weighted by molar-refractivity contribution is 0.235. The standard InChI is InChI=1S/C14H25NO/c1-11(13-5-3-2-4-6-13)15-14-8-7-12(9-14)10-16/h7-8,11-16H,2-6,9-10H2,1H3/t11?,12-,14+/m0/s1. The summed E-state index contributed by atoms with van der Waals surface area (Å²) in [5.41, 5.74) is 0. The summed E-state index contributed by atoms with van der Waals surface area (Å²) in [6, 6.07) is 1.13. The maximum absolute atomic E-state index is 9.09. The lowest BCUT2D eigenvalue weighted by Gasteiger charge is -2.30. The van der Waals surface area contributed by atoms with Crippen LogP contribution in [0.4, 0.5) is 0 Å². The van der Waals surface area contributed by atoms with Crippen LogP contribution in [-0.2, 0) is 0 Å². The number of rotatable bonds is 4. The van der Waals surface area contributed by atoms with Crippen molar-refractivity contribution in [1.29, 1.82) is 0 Å². The van der Waals surface area contributed by atoms with Gasteiger partial charge in [0.2, 0.25) is 0 Å². The molecular formula is C14H25NO. The predicted molar refractivity (Wildman–Crippen MR) is 67.3 cm³/mol. The largest absolute Gasteiger partial charge is 0.396 e. The quantitative estimate of drug-likeness (QED) is 0.718. The Balaban J connectivity index is 1.74. The number of hydrogen-bond donors (Lipinski definition) is 2. The van der Waals surface area contributed by atoms with Gasteiger partial charge in [0.15, 0.2) is 0 Å². The van der Waals surface area contributed by atoms with Gasteiger partial charge in [-0.25, -0.2) is 0 Å². The van der Waals surface area contributed by atoms with E-state index in [2.05, 4.69) is 24.4 Å². The molecule has 0 saturated heterocycles. The summed E-state index contributed by atoms with van der Waals surface area (Å²) < 4.78 is 0. The van der Waals surface area contributed by atoms with E-state index in [-0.39, 0.29) is 0 Å². The van der Waals surface area contributed by atoms with Gasteiger partial charge in [-0.3, -0.25) is 0 Å². The van der Waals surface area contributed by atoms with E-state index in [4.69, 9.17) is 5.11 Å². The Bertz CT molecular complexity index is 233. The molecule has 0 aromatic rings. The fraction of sp³-hybridized carbons (Fsp3) is 0.857. The van der Waals surface area contributed by atoms with E-state index in [1.807, 2.05) is 0 Å². The second-order valence-corrected chi connectivity index (χ2v) is 5.52. The van der Waals surface area contributed by atoms with Crippen LogP contribution in [0.15, 0.2) is 12.2 Å². The van der Waals surface area contributed by atoms with Gasteiger partial charge >= 0.3 is 0 Å². The van der Waals surface area contributed by atoms with Crippen LogP contribution in [0.3, 0.4) is 0 Å². The van der Waals surface area contributed by atoms with Gasteiger partial charge in [0, 0.05) is 24.6 Å². The molecule has 0 spiro atoms. The molecule has 92 valence electrons. The van der Waals surface area contributed by atoms with Crippen molar-refractivity contribution < 1.29 is 5.11 Å². The lowest BCUT2D eigenvalue weighted by atomic mass is 9.84. The summed E-state index contributed by atoms with van der Waals surface area (Å²) in [5.74, 6) is 1.26. The van der Waals surface area contributed by atoms with E-state index >= 15 is 0 Å². The molecule has 2 rings (SSSR count). The molecule has 1 saturated carbocycles. The second-order valence-electron chi connectivity index (χ2n) is 5.52. The molecule has 0 heterocycles. The normalized spacial score (nSPS) is 33.1. The van der Waals surface area contributed by atoms with Gasteiger partial charge in [0.05, 0.1) is 0 Å². The Morgan fingerprint density at radius 3 is 2.62 bits per heavy atom. The van der Waals surface area contributed by atoms with Crippen LogP contribution in [-0.4, -0.2) is 23.8 Å². The van der Waals surface area contributed by atoms with Gasteiger partial charge in [0.1, 0.15) is 0 Å². The monoisotopic (exact) mass is 223 g/mol. The summed E-state index contributed by atoms with van der Waals surface area (Å²) >= 11 is 0. The van der Waals surface area contributed by atoms with E-state index in [1.54, 1.807) is 0 Å². The molecule has 1 unspecified atom stereocenters. The van der Waals surface area contributed by atoms with Gasteiger partial charge in [-0.15, -0.1) is 0 Å². The molecule has 0 amide bonds. The van der Waals surface area contributed by atoms with Gasteiger partial charge in [-0.1, -0.05) is 31.4 Å². The molecule has 0 radical (unpaired) electrons. The molecular weight excluding hydrogens is 198 g/mol. The maximum atomic E-state index is 9.09. The Morgan fingerprint density at radius 2 is 2.00 bits per heavy atom. The Kier molecular flexibility index (Phi) is 4.42. The molecule has 2 aliphatic rings. The average molecular weight is 223 g/mol. The van der Waals surface area contributed by atoms with Crippen molar-refractivity contribution in [2.45, 2.75) is 57.5 Å². The van der Waals surface area contributed by atoms with Crippen LogP contribution in [0.2, 0.25) is 0 Å². The van der Waals surface area contributed by atoms with Crippen molar-refractivity contribution in [3.8, 4) is 0 Å². The summed E-state index contributed by atoms with van der Waals surface area (Å²) in [7, 11) is 0. The molecule has 0 aromatic carbocycles. The predicted octanol–water partition coefficient (Wildman–Crippen LogP) is 2.48. The molecule has 0 aromatic heterocycles. The van der Waals surface area contributed by atoms with Crippen LogP contribution in [0, 0.1) is 11.8 Å². The zero-order chi connectivity index (χ0) is 11.4. The summed E-state index contributed by atoms with van der Waals surface area (Å²) in [6.07, 6.45) is 12.5. The second kappa shape index (κ2) is 5.83. The highest BCUT2D eigenvalue weighted by atomic mass is 16.3. The first-order valence-electron chi connectivity index (χ1n) is 6.85. The lowest BCUT2D eigenvalue weighted by Crippen LogP contribution is -2.40. The van der Waals surface area contributed by atoms with Crippen molar-refractivity contribution >= 4 is 0 Å². The molecule has 3 atom stereocenters. The van der Waals surface area contributed by atoms with Crippen molar-refractivity contribution in [3.63, 3.8) is 0 Å². The fourth-order valence-electron chi connectivity index (χ4n) is 3.14. The number of aliphatic hydroxyl groups is 1. The zero-order valence-electron chi connectivity index (χ0n) is 10.4. The number of aliphatic hydroxyl groups excluding tert-OH is 1. The van der Waals surface area contributed by atoms with Gasteiger partial charge in [0.25, 0.3) is 0 Å². The van der Waals surface area contributed by atoms with Crippen LogP contribution in [0.1, 0.15) is 45.4 Å². The van der Waals surface area contributed by atoms with E-state index in [9.17, 15) is 0 Å². The molecule has 2 heteroatoms. The van der Waals surface area contributed by atoms with Crippen LogP contribution < -0.4 is 5.32 Å². The summed E-state index contributed by atoms with van der Waals surface area (Å²) in [6.45, 7) is 2.63. The first kappa shape index (κ1) is 12.1. The van der Waals surface area contributed by atoms with Crippen molar-refractivity contribution in [2.24, 2.45) is 11.8 Å². The Morgan fingerprint density at radius 1 is 1.25 bits per heavy atom. The van der Waals surface area contributed by atoms with Gasteiger partial charge in [-0.2, -0.15) is 0 Å². The van der Waals surface area contributed by atoms with Crippen LogP contribution in [0.25, 0.3) is 0 Å². The highest BCUT2D eigenvalue weighted by Gasteiger charge is 2.24.